The smallest absolute Gasteiger partial charge is 0.136 e. The molecule has 0 unspecified atom stereocenters. The lowest BCUT2D eigenvalue weighted by Gasteiger charge is -2.26. The second-order valence-electron chi connectivity index (χ2n) is 14.6. The SMILES string of the molecule is c1ccc(-c2ccc(N(c3ccc(-c4cc(-c5ccccc5)cc(-c5ccccc5)c4)cc3)c3ccc(-c4ccccc4-c4cc5ccccc5o4)cc3)cc2)cc1. The largest absolute Gasteiger partial charge is 0.456 e. The molecule has 9 aromatic carbocycles. The molecule has 0 radical (unpaired) electrons. The van der Waals surface area contributed by atoms with E-state index in [2.05, 4.69) is 223 Å². The van der Waals surface area contributed by atoms with E-state index in [-0.39, 0.29) is 0 Å². The fourth-order valence-corrected chi connectivity index (χ4v) is 7.93. The number of hydrogen-bond acceptors (Lipinski definition) is 2. The van der Waals surface area contributed by atoms with Crippen molar-refractivity contribution in [2.75, 3.05) is 4.90 Å². The first-order chi connectivity index (χ1) is 28.7. The molecular weight excluding hydrogens is 703 g/mol. The minimum atomic E-state index is 0.867. The van der Waals surface area contributed by atoms with Crippen LogP contribution in [0.4, 0.5) is 17.1 Å². The van der Waals surface area contributed by atoms with Crippen molar-refractivity contribution in [3.05, 3.63) is 237 Å². The molecule has 0 aliphatic rings. The Morgan fingerprint density at radius 2 is 0.621 bits per heavy atom. The molecule has 58 heavy (non-hydrogen) atoms. The third-order valence-electron chi connectivity index (χ3n) is 10.9. The van der Waals surface area contributed by atoms with Crippen molar-refractivity contribution in [2.45, 2.75) is 0 Å². The van der Waals surface area contributed by atoms with E-state index in [9.17, 15) is 0 Å². The molecule has 0 aliphatic heterocycles. The molecule has 0 saturated heterocycles. The van der Waals surface area contributed by atoms with E-state index in [0.717, 1.165) is 56.0 Å². The maximum absolute atomic E-state index is 6.33. The van der Waals surface area contributed by atoms with Crippen molar-refractivity contribution >= 4 is 28.0 Å². The molecule has 2 heteroatoms. The second kappa shape index (κ2) is 15.5. The molecule has 1 aromatic heterocycles. The normalized spacial score (nSPS) is 11.1. The molecule has 0 saturated carbocycles. The molecule has 10 rings (SSSR count). The Morgan fingerprint density at radius 1 is 0.259 bits per heavy atom. The fourth-order valence-electron chi connectivity index (χ4n) is 7.93. The van der Waals surface area contributed by atoms with Gasteiger partial charge in [0.1, 0.15) is 11.3 Å². The van der Waals surface area contributed by atoms with Gasteiger partial charge in [0.2, 0.25) is 0 Å². The first-order valence-corrected chi connectivity index (χ1v) is 19.7. The van der Waals surface area contributed by atoms with Crippen LogP contribution in [-0.2, 0) is 0 Å². The summed E-state index contributed by atoms with van der Waals surface area (Å²) in [4.78, 5) is 2.34. The summed E-state index contributed by atoms with van der Waals surface area (Å²) >= 11 is 0. The van der Waals surface area contributed by atoms with E-state index in [1.54, 1.807) is 0 Å². The van der Waals surface area contributed by atoms with E-state index >= 15 is 0 Å². The topological polar surface area (TPSA) is 16.4 Å². The van der Waals surface area contributed by atoms with Crippen LogP contribution in [0.3, 0.4) is 0 Å². The van der Waals surface area contributed by atoms with E-state index in [4.69, 9.17) is 4.42 Å². The van der Waals surface area contributed by atoms with Gasteiger partial charge < -0.3 is 9.32 Å². The highest BCUT2D eigenvalue weighted by Crippen LogP contribution is 2.41. The quantitative estimate of drug-likeness (QED) is 0.146. The van der Waals surface area contributed by atoms with Crippen LogP contribution in [0, 0.1) is 0 Å². The van der Waals surface area contributed by atoms with Crippen LogP contribution in [0.25, 0.3) is 77.9 Å². The molecule has 274 valence electrons. The van der Waals surface area contributed by atoms with Gasteiger partial charge in [0.15, 0.2) is 0 Å². The Bertz CT molecular complexity index is 2860. The number of hydrogen-bond donors (Lipinski definition) is 0. The maximum Gasteiger partial charge on any atom is 0.136 e. The molecule has 0 aliphatic carbocycles. The summed E-state index contributed by atoms with van der Waals surface area (Å²) < 4.78 is 6.33. The van der Waals surface area contributed by atoms with Gasteiger partial charge in [-0.3, -0.25) is 0 Å². The van der Waals surface area contributed by atoms with Crippen LogP contribution in [-0.4, -0.2) is 0 Å². The van der Waals surface area contributed by atoms with Crippen molar-refractivity contribution in [2.24, 2.45) is 0 Å². The zero-order chi connectivity index (χ0) is 38.7. The number of anilines is 3. The van der Waals surface area contributed by atoms with Gasteiger partial charge in [0.25, 0.3) is 0 Å². The first-order valence-electron chi connectivity index (χ1n) is 19.7. The van der Waals surface area contributed by atoms with Gasteiger partial charge >= 0.3 is 0 Å². The number of fused-ring (bicyclic) bond motifs is 1. The highest BCUT2D eigenvalue weighted by atomic mass is 16.3. The molecule has 0 fully saturated rings. The molecule has 2 nitrogen and oxygen atoms in total. The number of nitrogens with zero attached hydrogens (tertiary/aromatic N) is 1. The number of furan rings is 1. The highest BCUT2D eigenvalue weighted by Gasteiger charge is 2.16. The van der Waals surface area contributed by atoms with Crippen molar-refractivity contribution in [1.82, 2.24) is 0 Å². The summed E-state index contributed by atoms with van der Waals surface area (Å²) in [6.45, 7) is 0. The van der Waals surface area contributed by atoms with Gasteiger partial charge in [-0.1, -0.05) is 170 Å². The molecule has 0 N–H and O–H groups in total. The molecule has 0 amide bonds. The Balaban J connectivity index is 1.03. The zero-order valence-corrected chi connectivity index (χ0v) is 31.9. The average Bonchev–Trinajstić information content (AvgIpc) is 3.75. The number of benzene rings is 9. The van der Waals surface area contributed by atoms with Crippen LogP contribution < -0.4 is 4.90 Å². The Labute approximate surface area is 339 Å². The van der Waals surface area contributed by atoms with Gasteiger partial charge in [-0.15, -0.1) is 0 Å². The minimum Gasteiger partial charge on any atom is -0.456 e. The van der Waals surface area contributed by atoms with Gasteiger partial charge in [0.05, 0.1) is 0 Å². The van der Waals surface area contributed by atoms with Gasteiger partial charge in [0, 0.05) is 28.0 Å². The van der Waals surface area contributed by atoms with Crippen LogP contribution in [0.2, 0.25) is 0 Å². The van der Waals surface area contributed by atoms with Crippen molar-refractivity contribution in [3.63, 3.8) is 0 Å². The maximum atomic E-state index is 6.33. The number of para-hydroxylation sites is 1. The monoisotopic (exact) mass is 741 g/mol. The number of rotatable bonds is 9. The predicted octanol–water partition coefficient (Wildman–Crippen LogP) is 15.9. The van der Waals surface area contributed by atoms with E-state index in [0.29, 0.717) is 0 Å². The summed E-state index contributed by atoms with van der Waals surface area (Å²) in [6.07, 6.45) is 0. The first kappa shape index (κ1) is 34.8. The van der Waals surface area contributed by atoms with Crippen LogP contribution >= 0.6 is 0 Å². The Hall–Kier alpha value is -7.68. The summed E-state index contributed by atoms with van der Waals surface area (Å²) in [5, 5.41) is 1.10. The Kier molecular flexibility index (Phi) is 9.27. The van der Waals surface area contributed by atoms with E-state index < -0.39 is 0 Å². The van der Waals surface area contributed by atoms with Gasteiger partial charge in [-0.25, -0.2) is 0 Å². The van der Waals surface area contributed by atoms with Crippen LogP contribution in [0.15, 0.2) is 241 Å². The lowest BCUT2D eigenvalue weighted by atomic mass is 9.93. The van der Waals surface area contributed by atoms with Gasteiger partial charge in [-0.2, -0.15) is 0 Å². The van der Waals surface area contributed by atoms with Crippen LogP contribution in [0.1, 0.15) is 0 Å². The average molecular weight is 742 g/mol. The molecule has 0 atom stereocenters. The lowest BCUT2D eigenvalue weighted by molar-refractivity contribution is 0.632. The summed E-state index contributed by atoms with van der Waals surface area (Å²) in [7, 11) is 0. The zero-order valence-electron chi connectivity index (χ0n) is 31.9. The third kappa shape index (κ3) is 7.00. The molecule has 1 heterocycles. The van der Waals surface area contributed by atoms with Crippen molar-refractivity contribution in [1.29, 1.82) is 0 Å². The minimum absolute atomic E-state index is 0.867. The second-order valence-corrected chi connectivity index (χ2v) is 14.6. The lowest BCUT2D eigenvalue weighted by Crippen LogP contribution is -2.09. The third-order valence-corrected chi connectivity index (χ3v) is 10.9. The van der Waals surface area contributed by atoms with E-state index in [1.807, 2.05) is 18.2 Å². The molecular formula is C56H39NO. The fraction of sp³-hybridized carbons (Fsp3) is 0. The predicted molar refractivity (Wildman–Crippen MR) is 244 cm³/mol. The highest BCUT2D eigenvalue weighted by molar-refractivity contribution is 5.89. The van der Waals surface area contributed by atoms with Crippen molar-refractivity contribution in [3.8, 4) is 67.0 Å². The summed E-state index contributed by atoms with van der Waals surface area (Å²) in [5.41, 5.74) is 17.0. The standard InChI is InChI=1S/C56H39NO/c1-4-14-40(15-5-1)43-24-30-50(31-25-43)57(52-34-28-45(29-35-52)53-21-11-12-22-54(53)56-39-46-20-10-13-23-55(46)58-56)51-32-26-44(27-33-51)49-37-47(41-16-6-2-7-17-41)36-48(38-49)42-18-8-3-9-19-42/h1-39H. The molecule has 10 aromatic rings. The Morgan fingerprint density at radius 3 is 1.10 bits per heavy atom. The summed E-state index contributed by atoms with van der Waals surface area (Å²) in [6, 6.07) is 84.2. The van der Waals surface area contributed by atoms with E-state index in [1.165, 1.54) is 38.9 Å². The molecule has 0 spiro atoms. The molecule has 0 bridgehead atoms. The van der Waals surface area contributed by atoms with Crippen molar-refractivity contribution < 1.29 is 4.42 Å². The van der Waals surface area contributed by atoms with Gasteiger partial charge in [-0.05, 0) is 122 Å². The summed E-state index contributed by atoms with van der Waals surface area (Å²) in [5.74, 6) is 0.867. The van der Waals surface area contributed by atoms with Crippen LogP contribution in [0.5, 0.6) is 0 Å².